The largest absolute Gasteiger partial charge is 0.382 e. The minimum Gasteiger partial charge on any atom is -0.382 e. The molecule has 1 aromatic carbocycles. The number of benzene rings is 1. The Morgan fingerprint density at radius 2 is 2.06 bits per heavy atom. The highest BCUT2D eigenvalue weighted by Gasteiger charge is 2.20. The average molecular weight is 364 g/mol. The smallest absolute Gasteiger partial charge is 0.123 e. The highest BCUT2D eigenvalue weighted by molar-refractivity contribution is 9.10. The Bertz CT molecular complexity index is 537. The quantitative estimate of drug-likeness (QED) is 0.889. The fourth-order valence-electron chi connectivity index (χ4n) is 1.60. The summed E-state index contributed by atoms with van der Waals surface area (Å²) in [4.78, 5) is 0. The predicted octanol–water partition coefficient (Wildman–Crippen LogP) is 3.17. The fourth-order valence-corrected chi connectivity index (χ4v) is 2.63. The molecule has 1 heterocycles. The van der Waals surface area contributed by atoms with Gasteiger partial charge in [0.1, 0.15) is 11.9 Å². The molecule has 6 heteroatoms. The molecule has 0 amide bonds. The van der Waals surface area contributed by atoms with Gasteiger partial charge in [-0.1, -0.05) is 15.9 Å². The SMILES string of the molecule is Cn1ncc(Br)c1C(O)c1cc(F)ccc1Br. The molecule has 0 fully saturated rings. The first-order valence-corrected chi connectivity index (χ1v) is 6.39. The van der Waals surface area contributed by atoms with E-state index in [1.165, 1.54) is 12.1 Å². The summed E-state index contributed by atoms with van der Waals surface area (Å²) in [6.07, 6.45) is 0.646. The van der Waals surface area contributed by atoms with E-state index in [0.29, 0.717) is 20.2 Å². The van der Waals surface area contributed by atoms with Crippen molar-refractivity contribution >= 4 is 31.9 Å². The standard InChI is InChI=1S/C11H9Br2FN2O/c1-16-10(9(13)5-15-16)11(17)7-4-6(14)2-3-8(7)12/h2-5,11,17H,1H3. The first-order valence-electron chi connectivity index (χ1n) is 4.81. The summed E-state index contributed by atoms with van der Waals surface area (Å²) in [6, 6.07) is 4.20. The summed E-state index contributed by atoms with van der Waals surface area (Å²) < 4.78 is 16.1. The molecular formula is C11H9Br2FN2O. The van der Waals surface area contributed by atoms with Crippen molar-refractivity contribution in [3.05, 3.63) is 50.4 Å². The van der Waals surface area contributed by atoms with E-state index in [2.05, 4.69) is 37.0 Å². The second-order valence-corrected chi connectivity index (χ2v) is 5.28. The maximum Gasteiger partial charge on any atom is 0.123 e. The van der Waals surface area contributed by atoms with Gasteiger partial charge in [-0.05, 0) is 34.1 Å². The minimum atomic E-state index is -0.943. The van der Waals surface area contributed by atoms with Crippen molar-refractivity contribution in [2.75, 3.05) is 0 Å². The number of rotatable bonds is 2. The molecule has 0 radical (unpaired) electrons. The van der Waals surface area contributed by atoms with Crippen molar-refractivity contribution in [1.29, 1.82) is 0 Å². The third-order valence-corrected chi connectivity index (χ3v) is 3.78. The number of hydrogen-bond donors (Lipinski definition) is 1. The van der Waals surface area contributed by atoms with E-state index >= 15 is 0 Å². The van der Waals surface area contributed by atoms with Gasteiger partial charge in [-0.3, -0.25) is 4.68 Å². The van der Waals surface area contributed by atoms with Gasteiger partial charge in [0.25, 0.3) is 0 Å². The van der Waals surface area contributed by atoms with Gasteiger partial charge in [0.15, 0.2) is 0 Å². The van der Waals surface area contributed by atoms with Crippen LogP contribution in [0.3, 0.4) is 0 Å². The number of aryl methyl sites for hydroxylation is 1. The van der Waals surface area contributed by atoms with Crippen molar-refractivity contribution in [3.8, 4) is 0 Å². The number of hydrogen-bond acceptors (Lipinski definition) is 2. The Morgan fingerprint density at radius 3 is 2.65 bits per heavy atom. The van der Waals surface area contributed by atoms with Crippen LogP contribution in [0.5, 0.6) is 0 Å². The van der Waals surface area contributed by atoms with Crippen LogP contribution in [-0.4, -0.2) is 14.9 Å². The van der Waals surface area contributed by atoms with Crippen LogP contribution in [0.4, 0.5) is 4.39 Å². The van der Waals surface area contributed by atoms with Gasteiger partial charge in [0.2, 0.25) is 0 Å². The number of halogens is 3. The van der Waals surface area contributed by atoms with Crippen LogP contribution < -0.4 is 0 Å². The second kappa shape index (κ2) is 4.88. The van der Waals surface area contributed by atoms with Crippen LogP contribution in [0, 0.1) is 5.82 Å². The lowest BCUT2D eigenvalue weighted by molar-refractivity contribution is 0.207. The van der Waals surface area contributed by atoms with Gasteiger partial charge in [0.05, 0.1) is 16.4 Å². The topological polar surface area (TPSA) is 38.0 Å². The molecule has 0 bridgehead atoms. The molecule has 2 rings (SSSR count). The van der Waals surface area contributed by atoms with Crippen molar-refractivity contribution in [3.63, 3.8) is 0 Å². The number of aliphatic hydroxyl groups excluding tert-OH is 1. The van der Waals surface area contributed by atoms with E-state index < -0.39 is 6.10 Å². The molecule has 3 nitrogen and oxygen atoms in total. The van der Waals surface area contributed by atoms with Crippen molar-refractivity contribution < 1.29 is 9.50 Å². The summed E-state index contributed by atoms with van der Waals surface area (Å²) in [6.45, 7) is 0. The third-order valence-electron chi connectivity index (χ3n) is 2.45. The lowest BCUT2D eigenvalue weighted by atomic mass is 10.1. The molecular weight excluding hydrogens is 355 g/mol. The van der Waals surface area contributed by atoms with Crippen molar-refractivity contribution in [1.82, 2.24) is 9.78 Å². The molecule has 1 aromatic heterocycles. The molecule has 1 unspecified atom stereocenters. The van der Waals surface area contributed by atoms with E-state index in [4.69, 9.17) is 0 Å². The molecule has 0 spiro atoms. The highest BCUT2D eigenvalue weighted by Crippen LogP contribution is 2.32. The van der Waals surface area contributed by atoms with Crippen LogP contribution in [-0.2, 0) is 7.05 Å². The van der Waals surface area contributed by atoms with Gasteiger partial charge in [-0.15, -0.1) is 0 Å². The summed E-state index contributed by atoms with van der Waals surface area (Å²) in [5, 5.41) is 14.3. The average Bonchev–Trinajstić information content (AvgIpc) is 2.61. The van der Waals surface area contributed by atoms with E-state index in [1.807, 2.05) is 0 Å². The van der Waals surface area contributed by atoms with Crippen molar-refractivity contribution in [2.24, 2.45) is 7.05 Å². The normalized spacial score (nSPS) is 12.8. The Labute approximate surface area is 115 Å². The van der Waals surface area contributed by atoms with Crippen LogP contribution in [0.1, 0.15) is 17.4 Å². The molecule has 1 atom stereocenters. The molecule has 0 aliphatic carbocycles. The van der Waals surface area contributed by atoms with Gasteiger partial charge in [-0.2, -0.15) is 5.10 Å². The molecule has 1 N–H and O–H groups in total. The Balaban J connectivity index is 2.50. The van der Waals surface area contributed by atoms with Gasteiger partial charge in [-0.25, -0.2) is 4.39 Å². The third kappa shape index (κ3) is 2.43. The van der Waals surface area contributed by atoms with Gasteiger partial charge < -0.3 is 5.11 Å². The van der Waals surface area contributed by atoms with Gasteiger partial charge >= 0.3 is 0 Å². The van der Waals surface area contributed by atoms with E-state index in [0.717, 1.165) is 0 Å². The van der Waals surface area contributed by atoms with Crippen LogP contribution >= 0.6 is 31.9 Å². The monoisotopic (exact) mass is 362 g/mol. The van der Waals surface area contributed by atoms with Gasteiger partial charge in [0, 0.05) is 17.1 Å². The zero-order chi connectivity index (χ0) is 12.6. The van der Waals surface area contributed by atoms with Crippen LogP contribution in [0.2, 0.25) is 0 Å². The fraction of sp³-hybridized carbons (Fsp3) is 0.182. The number of aliphatic hydroxyl groups is 1. The van der Waals surface area contributed by atoms with Crippen molar-refractivity contribution in [2.45, 2.75) is 6.10 Å². The lowest BCUT2D eigenvalue weighted by Crippen LogP contribution is -2.08. The number of nitrogens with zero attached hydrogens (tertiary/aromatic N) is 2. The van der Waals surface area contributed by atoms with E-state index in [9.17, 15) is 9.50 Å². The summed E-state index contributed by atoms with van der Waals surface area (Å²) in [5.41, 5.74) is 1.05. The molecule has 0 aliphatic rings. The molecule has 2 aromatic rings. The predicted molar refractivity (Wildman–Crippen MR) is 69.1 cm³/mol. The summed E-state index contributed by atoms with van der Waals surface area (Å²) >= 11 is 6.60. The summed E-state index contributed by atoms with van der Waals surface area (Å²) in [7, 11) is 1.72. The zero-order valence-corrected chi connectivity index (χ0v) is 12.0. The molecule has 0 saturated heterocycles. The Morgan fingerprint density at radius 1 is 1.35 bits per heavy atom. The van der Waals surface area contributed by atoms with E-state index in [-0.39, 0.29) is 5.82 Å². The molecule has 17 heavy (non-hydrogen) atoms. The molecule has 0 aliphatic heterocycles. The second-order valence-electron chi connectivity index (χ2n) is 3.57. The molecule has 90 valence electrons. The maximum atomic E-state index is 13.2. The van der Waals surface area contributed by atoms with Crippen LogP contribution in [0.25, 0.3) is 0 Å². The Kier molecular flexibility index (Phi) is 3.65. The lowest BCUT2D eigenvalue weighted by Gasteiger charge is -2.14. The summed E-state index contributed by atoms with van der Waals surface area (Å²) in [5.74, 6) is -0.388. The first-order chi connectivity index (χ1) is 8.00. The number of aromatic nitrogens is 2. The zero-order valence-electron chi connectivity index (χ0n) is 8.86. The van der Waals surface area contributed by atoms with E-state index in [1.54, 1.807) is 24.0 Å². The van der Waals surface area contributed by atoms with Crippen LogP contribution in [0.15, 0.2) is 33.3 Å². The maximum absolute atomic E-state index is 13.2. The Hall–Kier alpha value is -0.720. The first kappa shape index (κ1) is 12.7. The highest BCUT2D eigenvalue weighted by atomic mass is 79.9. The minimum absolute atomic E-state index is 0.388. The molecule has 0 saturated carbocycles.